The lowest BCUT2D eigenvalue weighted by Gasteiger charge is -2.23. The van der Waals surface area contributed by atoms with Gasteiger partial charge in [0, 0.05) is 0 Å². The average Bonchev–Trinajstić information content (AvgIpc) is 3.31. The van der Waals surface area contributed by atoms with Gasteiger partial charge in [0.1, 0.15) is 6.10 Å². The molecule has 1 amide bonds. The number of hydrogen-bond acceptors (Lipinski definition) is 4. The Labute approximate surface area is 408 Å². The van der Waals surface area contributed by atoms with Gasteiger partial charge in [0.15, 0.2) is 0 Å². The van der Waals surface area contributed by atoms with Gasteiger partial charge in [0.2, 0.25) is 5.91 Å². The van der Waals surface area contributed by atoms with Crippen LogP contribution in [0, 0.1) is 0 Å². The molecule has 0 aliphatic heterocycles. The van der Waals surface area contributed by atoms with Crippen molar-refractivity contribution in [1.82, 2.24) is 5.32 Å². The lowest BCUT2D eigenvalue weighted by atomic mass is 10.0. The number of unbranched alkanes of at least 4 members (excludes halogenated alkanes) is 46. The van der Waals surface area contributed by atoms with Gasteiger partial charge in [-0.2, -0.15) is 0 Å². The van der Waals surface area contributed by atoms with Crippen LogP contribution in [0.1, 0.15) is 341 Å². The zero-order valence-corrected chi connectivity index (χ0v) is 44.4. The Morgan fingerprint density at radius 2 is 0.585 bits per heavy atom. The molecule has 0 spiro atoms. The normalized spacial score (nSPS) is 13.2. The minimum absolute atomic E-state index is 0.309. The molecular weight excluding hydrogens is 799 g/mol. The fourth-order valence-corrected chi connectivity index (χ4v) is 9.72. The molecule has 0 aromatic rings. The van der Waals surface area contributed by atoms with Crippen LogP contribution >= 0.6 is 0 Å². The van der Waals surface area contributed by atoms with E-state index in [1.807, 2.05) is 0 Å². The van der Waals surface area contributed by atoms with Crippen LogP contribution in [0.25, 0.3) is 0 Å². The number of carbonyl (C=O) groups excluding carboxylic acids is 1. The number of allylic oxidation sites excluding steroid dienone is 2. The van der Waals surface area contributed by atoms with E-state index in [2.05, 4.69) is 31.3 Å². The van der Waals surface area contributed by atoms with Gasteiger partial charge < -0.3 is 20.6 Å². The van der Waals surface area contributed by atoms with E-state index < -0.39 is 24.2 Å². The zero-order chi connectivity index (χ0) is 47.2. The van der Waals surface area contributed by atoms with Crippen LogP contribution in [-0.4, -0.2) is 46.1 Å². The van der Waals surface area contributed by atoms with Crippen LogP contribution in [0.3, 0.4) is 0 Å². The highest BCUT2D eigenvalue weighted by atomic mass is 16.3. The molecule has 0 aliphatic rings. The lowest BCUT2D eigenvalue weighted by Crippen LogP contribution is -2.49. The molecule has 0 aromatic carbocycles. The Hall–Kier alpha value is -0.910. The number of aliphatic hydroxyl groups is 3. The van der Waals surface area contributed by atoms with Crippen molar-refractivity contribution >= 4 is 5.91 Å². The molecule has 3 unspecified atom stereocenters. The maximum atomic E-state index is 12.6. The summed E-state index contributed by atoms with van der Waals surface area (Å²) in [5, 5.41) is 33.6. The van der Waals surface area contributed by atoms with Gasteiger partial charge in [-0.25, -0.2) is 0 Å². The van der Waals surface area contributed by atoms with Crippen LogP contribution < -0.4 is 5.32 Å². The van der Waals surface area contributed by atoms with Crippen molar-refractivity contribution in [3.05, 3.63) is 12.2 Å². The van der Waals surface area contributed by atoms with Crippen molar-refractivity contribution in [2.45, 2.75) is 360 Å². The first-order valence-electron chi connectivity index (χ1n) is 30.0. The van der Waals surface area contributed by atoms with Crippen molar-refractivity contribution in [3.63, 3.8) is 0 Å². The smallest absolute Gasteiger partial charge is 0.249 e. The van der Waals surface area contributed by atoms with Gasteiger partial charge >= 0.3 is 0 Å². The number of aliphatic hydroxyl groups excluding tert-OH is 3. The molecule has 5 heteroatoms. The molecule has 0 saturated heterocycles. The van der Waals surface area contributed by atoms with E-state index in [9.17, 15) is 20.1 Å². The summed E-state index contributed by atoms with van der Waals surface area (Å²) in [6.45, 7) is 4.27. The summed E-state index contributed by atoms with van der Waals surface area (Å²) in [5.41, 5.74) is 0. The number of hydrogen-bond donors (Lipinski definition) is 4. The van der Waals surface area contributed by atoms with Gasteiger partial charge in [-0.3, -0.25) is 4.79 Å². The van der Waals surface area contributed by atoms with Crippen LogP contribution in [0.2, 0.25) is 0 Å². The van der Waals surface area contributed by atoms with Crippen molar-refractivity contribution in [3.8, 4) is 0 Å². The molecule has 65 heavy (non-hydrogen) atoms. The third-order valence-corrected chi connectivity index (χ3v) is 14.4. The SMILES string of the molecule is CCCCCCCCCCCCCCCC/C=C\CCCCCCCCCCCCCCCCCCC(O)C(=O)NC(CO)C(O)CCCCCCCCCCCCCCCCCCC. The standard InChI is InChI=1S/C60H119NO4/c1-3-5-7-9-11-13-15-17-19-21-22-23-24-25-26-27-28-29-30-31-32-33-34-35-36-37-39-41-43-45-47-49-51-53-55-59(64)60(65)61-57(56-62)58(63)54-52-50-48-46-44-42-40-38-20-18-16-14-12-10-8-6-4-2/h27-28,57-59,62-64H,3-26,29-56H2,1-2H3,(H,61,65)/b28-27-. The predicted octanol–water partition coefficient (Wildman–Crippen LogP) is 18.7. The molecule has 0 heterocycles. The molecule has 0 aliphatic carbocycles. The number of amides is 1. The molecule has 0 fully saturated rings. The van der Waals surface area contributed by atoms with E-state index in [1.54, 1.807) is 0 Å². The number of nitrogens with one attached hydrogen (secondary N) is 1. The Balaban J connectivity index is 3.46. The van der Waals surface area contributed by atoms with Crippen LogP contribution in [-0.2, 0) is 4.79 Å². The quantitative estimate of drug-likeness (QED) is 0.0361. The maximum Gasteiger partial charge on any atom is 0.249 e. The molecule has 5 nitrogen and oxygen atoms in total. The molecule has 3 atom stereocenters. The van der Waals surface area contributed by atoms with Crippen molar-refractivity contribution in [1.29, 1.82) is 0 Å². The largest absolute Gasteiger partial charge is 0.394 e. The third-order valence-electron chi connectivity index (χ3n) is 14.4. The first-order valence-corrected chi connectivity index (χ1v) is 30.0. The van der Waals surface area contributed by atoms with E-state index >= 15 is 0 Å². The molecule has 0 bridgehead atoms. The first-order chi connectivity index (χ1) is 32.1. The van der Waals surface area contributed by atoms with Crippen molar-refractivity contribution in [2.75, 3.05) is 6.61 Å². The van der Waals surface area contributed by atoms with Gasteiger partial charge in [-0.05, 0) is 38.5 Å². The van der Waals surface area contributed by atoms with E-state index in [-0.39, 0.29) is 6.61 Å². The van der Waals surface area contributed by atoms with E-state index in [0.29, 0.717) is 12.8 Å². The molecular formula is C60H119NO4. The molecule has 0 aromatic heterocycles. The van der Waals surface area contributed by atoms with E-state index in [4.69, 9.17) is 0 Å². The summed E-state index contributed by atoms with van der Waals surface area (Å²) < 4.78 is 0. The van der Waals surface area contributed by atoms with Gasteiger partial charge in [-0.15, -0.1) is 0 Å². The van der Waals surface area contributed by atoms with E-state index in [1.165, 1.54) is 283 Å². The number of rotatable bonds is 56. The van der Waals surface area contributed by atoms with Crippen LogP contribution in [0.15, 0.2) is 12.2 Å². The van der Waals surface area contributed by atoms with Crippen LogP contribution in [0.5, 0.6) is 0 Å². The molecule has 4 N–H and O–H groups in total. The highest BCUT2D eigenvalue weighted by Gasteiger charge is 2.23. The maximum absolute atomic E-state index is 12.6. The summed E-state index contributed by atoms with van der Waals surface area (Å²) in [7, 11) is 0. The Kier molecular flexibility index (Phi) is 54.9. The topological polar surface area (TPSA) is 89.8 Å². The first kappa shape index (κ1) is 64.1. The highest BCUT2D eigenvalue weighted by Crippen LogP contribution is 2.18. The molecule has 0 rings (SSSR count). The van der Waals surface area contributed by atoms with Gasteiger partial charge in [0.05, 0.1) is 18.8 Å². The Morgan fingerprint density at radius 1 is 0.354 bits per heavy atom. The molecule has 388 valence electrons. The minimum Gasteiger partial charge on any atom is -0.394 e. The zero-order valence-electron chi connectivity index (χ0n) is 44.4. The highest BCUT2D eigenvalue weighted by molar-refractivity contribution is 5.80. The van der Waals surface area contributed by atoms with Crippen molar-refractivity contribution in [2.24, 2.45) is 0 Å². The average molecular weight is 919 g/mol. The van der Waals surface area contributed by atoms with Crippen molar-refractivity contribution < 1.29 is 20.1 Å². The fraction of sp³-hybridized carbons (Fsp3) is 0.950. The van der Waals surface area contributed by atoms with Crippen LogP contribution in [0.4, 0.5) is 0 Å². The second kappa shape index (κ2) is 55.7. The second-order valence-electron chi connectivity index (χ2n) is 20.9. The predicted molar refractivity (Wildman–Crippen MR) is 287 cm³/mol. The minimum atomic E-state index is -1.07. The Morgan fingerprint density at radius 3 is 0.846 bits per heavy atom. The molecule has 0 radical (unpaired) electrons. The lowest BCUT2D eigenvalue weighted by molar-refractivity contribution is -0.131. The summed E-state index contributed by atoms with van der Waals surface area (Å²) in [6, 6.07) is -0.709. The summed E-state index contributed by atoms with van der Waals surface area (Å²) in [4.78, 5) is 12.6. The Bertz CT molecular complexity index is 925. The third kappa shape index (κ3) is 50.8. The molecule has 0 saturated carbocycles. The number of carbonyl (C=O) groups is 1. The summed E-state index contributed by atoms with van der Waals surface area (Å²) in [5.74, 6) is -0.464. The van der Waals surface area contributed by atoms with Gasteiger partial charge in [0.25, 0.3) is 0 Å². The van der Waals surface area contributed by atoms with E-state index in [0.717, 1.165) is 32.1 Å². The summed E-state index contributed by atoms with van der Waals surface area (Å²) >= 11 is 0. The fourth-order valence-electron chi connectivity index (χ4n) is 9.72. The summed E-state index contributed by atoms with van der Waals surface area (Å²) in [6.07, 6.45) is 69.9. The second-order valence-corrected chi connectivity index (χ2v) is 20.9. The van der Waals surface area contributed by atoms with Gasteiger partial charge in [-0.1, -0.05) is 315 Å². The monoisotopic (exact) mass is 918 g/mol.